The number of ether oxygens (including phenoxy) is 2. The quantitative estimate of drug-likeness (QED) is 0.169. The molecule has 0 aliphatic carbocycles. The Kier molecular flexibility index (Phi) is 17.7. The highest BCUT2D eigenvalue weighted by atomic mass is 79.9. The van der Waals surface area contributed by atoms with Crippen molar-refractivity contribution >= 4 is 59.7 Å². The molecular weight excluding hydrogens is 838 g/mol. The van der Waals surface area contributed by atoms with Crippen molar-refractivity contribution in [3.8, 4) is 0 Å². The molecule has 2 aromatic heterocycles. The fourth-order valence-corrected chi connectivity index (χ4v) is 5.74. The molecule has 0 aliphatic heterocycles. The number of aromatic nitrogens is 2. The molecule has 8 nitrogen and oxygen atoms in total. The molecule has 0 radical (unpaired) electrons. The summed E-state index contributed by atoms with van der Waals surface area (Å²) in [6.07, 6.45) is -6.13. The first-order valence-electron chi connectivity index (χ1n) is 14.1. The molecule has 0 bridgehead atoms. The van der Waals surface area contributed by atoms with Crippen LogP contribution >= 0.6 is 47.8 Å². The molecular formula is C30H39Br3F6N2O6. The number of carbonyl (C=O) groups excluding carboxylic acids is 2. The van der Waals surface area contributed by atoms with Gasteiger partial charge in [-0.1, -0.05) is 57.5 Å². The number of hydrogen-bond acceptors (Lipinski definition) is 6. The van der Waals surface area contributed by atoms with Crippen molar-refractivity contribution in [1.29, 1.82) is 0 Å². The van der Waals surface area contributed by atoms with Crippen LogP contribution in [0.2, 0.25) is 0 Å². The van der Waals surface area contributed by atoms with Gasteiger partial charge in [-0.05, 0) is 69.4 Å². The molecule has 2 heterocycles. The van der Waals surface area contributed by atoms with Crippen molar-refractivity contribution in [1.82, 2.24) is 9.55 Å². The lowest BCUT2D eigenvalue weighted by Crippen LogP contribution is -2.34. The molecule has 0 amide bonds. The highest BCUT2D eigenvalue weighted by molar-refractivity contribution is 9.11. The van der Waals surface area contributed by atoms with Gasteiger partial charge in [0, 0.05) is 33.5 Å². The van der Waals surface area contributed by atoms with E-state index < -0.39 is 46.6 Å². The Hall–Kier alpha value is -2.14. The Morgan fingerprint density at radius 1 is 0.787 bits per heavy atom. The molecule has 47 heavy (non-hydrogen) atoms. The van der Waals surface area contributed by atoms with Crippen LogP contribution in [0.15, 0.2) is 43.1 Å². The van der Waals surface area contributed by atoms with Crippen LogP contribution in [0, 0.1) is 10.8 Å². The first kappa shape index (κ1) is 44.9. The Balaban J connectivity index is 0.000000743. The van der Waals surface area contributed by atoms with E-state index in [2.05, 4.69) is 73.5 Å². The van der Waals surface area contributed by atoms with Gasteiger partial charge in [0.05, 0.1) is 24.3 Å². The zero-order valence-corrected chi connectivity index (χ0v) is 31.8. The van der Waals surface area contributed by atoms with Gasteiger partial charge in [0.2, 0.25) is 5.56 Å². The number of nitrogens with zero attached hydrogens (tertiary/aromatic N) is 1. The smallest absolute Gasteiger partial charge is 0.417 e. The number of hydrogen-bond donors (Lipinski definition) is 1. The highest BCUT2D eigenvalue weighted by Crippen LogP contribution is 2.35. The molecule has 0 fully saturated rings. The van der Waals surface area contributed by atoms with E-state index in [1.807, 2.05) is 27.7 Å². The molecule has 2 atom stereocenters. The first-order valence-corrected chi connectivity index (χ1v) is 16.6. The lowest BCUT2D eigenvalue weighted by atomic mass is 9.88. The van der Waals surface area contributed by atoms with Gasteiger partial charge in [0.25, 0.3) is 5.56 Å². The van der Waals surface area contributed by atoms with Crippen LogP contribution in [0.5, 0.6) is 0 Å². The Bertz CT molecular complexity index is 1440. The maximum Gasteiger partial charge on any atom is 0.417 e. The summed E-state index contributed by atoms with van der Waals surface area (Å²) in [6, 6.07) is 0.00399. The van der Waals surface area contributed by atoms with Crippen molar-refractivity contribution in [3.63, 3.8) is 0 Å². The highest BCUT2D eigenvalue weighted by Gasteiger charge is 2.36. The summed E-state index contributed by atoms with van der Waals surface area (Å²) in [4.78, 5) is 47.9. The number of alkyl halides is 7. The second kappa shape index (κ2) is 18.6. The number of halogens is 9. The largest absolute Gasteiger partial charge is 0.465 e. The van der Waals surface area contributed by atoms with Crippen LogP contribution < -0.4 is 11.1 Å². The summed E-state index contributed by atoms with van der Waals surface area (Å²) in [5.74, 6) is -0.802. The number of aromatic amines is 1. The van der Waals surface area contributed by atoms with Gasteiger partial charge < -0.3 is 19.0 Å². The van der Waals surface area contributed by atoms with E-state index in [9.17, 15) is 45.5 Å². The number of pyridine rings is 2. The number of H-pyrrole nitrogens is 1. The molecule has 1 N–H and O–H groups in total. The van der Waals surface area contributed by atoms with Crippen LogP contribution in [0.25, 0.3) is 0 Å². The Labute approximate surface area is 294 Å². The Morgan fingerprint density at radius 2 is 1.23 bits per heavy atom. The summed E-state index contributed by atoms with van der Waals surface area (Å²) in [5, 5.41) is 0. The van der Waals surface area contributed by atoms with Gasteiger partial charge in [0.1, 0.15) is 10.9 Å². The van der Waals surface area contributed by atoms with Crippen LogP contribution in [-0.2, 0) is 31.4 Å². The molecule has 0 saturated heterocycles. The van der Waals surface area contributed by atoms with E-state index in [0.29, 0.717) is 18.7 Å². The number of rotatable bonds is 7. The zero-order valence-electron chi connectivity index (χ0n) is 27.1. The third-order valence-electron chi connectivity index (χ3n) is 5.55. The summed E-state index contributed by atoms with van der Waals surface area (Å²) in [7, 11) is 0. The molecule has 0 spiro atoms. The maximum absolute atomic E-state index is 12.8. The lowest BCUT2D eigenvalue weighted by Gasteiger charge is -2.26. The van der Waals surface area contributed by atoms with Crippen molar-refractivity contribution in [2.45, 2.75) is 91.5 Å². The van der Waals surface area contributed by atoms with Gasteiger partial charge in [-0.3, -0.25) is 14.4 Å². The second-order valence-electron chi connectivity index (χ2n) is 12.4. The molecule has 2 aromatic rings. The molecule has 268 valence electrons. The van der Waals surface area contributed by atoms with Crippen LogP contribution in [-0.4, -0.2) is 39.5 Å². The zero-order chi connectivity index (χ0) is 37.1. The lowest BCUT2D eigenvalue weighted by molar-refractivity contribution is -0.148. The molecule has 17 heteroatoms. The van der Waals surface area contributed by atoms with E-state index in [0.717, 1.165) is 23.4 Å². The van der Waals surface area contributed by atoms with Gasteiger partial charge >= 0.3 is 24.3 Å². The predicted octanol–water partition coefficient (Wildman–Crippen LogP) is 9.08. The van der Waals surface area contributed by atoms with Gasteiger partial charge in [-0.2, -0.15) is 26.3 Å². The topological polar surface area (TPSA) is 107 Å². The molecule has 2 rings (SSSR count). The fourth-order valence-electron chi connectivity index (χ4n) is 3.62. The maximum atomic E-state index is 12.8. The SMILES string of the molecule is CCOC(=O)C(Br)CC(C)(C)C.CCOC(=O)C(CC(C)(C)C)n1cc(Br)c(C(F)(F)F)cc1=O.O=c1cc(C(F)(F)F)c(Br)c[nH]1. The van der Waals surface area contributed by atoms with Gasteiger partial charge in [-0.25, -0.2) is 4.79 Å². The minimum Gasteiger partial charge on any atom is -0.465 e. The van der Waals surface area contributed by atoms with Crippen molar-refractivity contribution in [2.75, 3.05) is 13.2 Å². The van der Waals surface area contributed by atoms with E-state index in [1.165, 1.54) is 0 Å². The van der Waals surface area contributed by atoms with E-state index in [1.54, 1.807) is 6.92 Å². The number of esters is 2. The summed E-state index contributed by atoms with van der Waals surface area (Å²) in [6.45, 7) is 15.9. The normalized spacial score (nSPS) is 13.3. The van der Waals surface area contributed by atoms with E-state index in [4.69, 9.17) is 9.47 Å². The minimum absolute atomic E-state index is 0.121. The van der Waals surface area contributed by atoms with Crippen LogP contribution in [0.4, 0.5) is 26.3 Å². The fraction of sp³-hybridized carbons (Fsp3) is 0.600. The molecule has 0 aromatic carbocycles. The Morgan fingerprint density at radius 3 is 1.64 bits per heavy atom. The minimum atomic E-state index is -4.65. The molecule has 0 saturated carbocycles. The third-order valence-corrected chi connectivity index (χ3v) is 7.54. The summed E-state index contributed by atoms with van der Waals surface area (Å²) in [5.41, 5.74) is -3.89. The molecule has 2 unspecified atom stereocenters. The monoisotopic (exact) mass is 874 g/mol. The predicted molar refractivity (Wildman–Crippen MR) is 176 cm³/mol. The van der Waals surface area contributed by atoms with Crippen molar-refractivity contribution in [2.24, 2.45) is 10.8 Å². The van der Waals surface area contributed by atoms with Crippen LogP contribution in [0.3, 0.4) is 0 Å². The van der Waals surface area contributed by atoms with Gasteiger partial charge in [0.15, 0.2) is 0 Å². The van der Waals surface area contributed by atoms with E-state index >= 15 is 0 Å². The average Bonchev–Trinajstić information content (AvgIpc) is 2.88. The summed E-state index contributed by atoms with van der Waals surface area (Å²) < 4.78 is 85.0. The van der Waals surface area contributed by atoms with Crippen molar-refractivity contribution < 1.29 is 45.4 Å². The van der Waals surface area contributed by atoms with E-state index in [-0.39, 0.29) is 43.6 Å². The van der Waals surface area contributed by atoms with Crippen LogP contribution in [0.1, 0.15) is 85.4 Å². The summed E-state index contributed by atoms with van der Waals surface area (Å²) >= 11 is 8.80. The first-order chi connectivity index (χ1) is 21.1. The van der Waals surface area contributed by atoms with Crippen molar-refractivity contribution in [3.05, 3.63) is 65.3 Å². The standard InChI is InChI=1S/C15H19BrF3NO3.C9H17BrO2.C6H3BrF3NO/c1-5-23-13(22)11(7-14(2,3)4)20-8-10(16)9(6-12(20)21)15(17,18)19;1-5-12-8(11)7(10)6-9(2,3)4;7-4-2-11-5(12)1-3(4)6(8,9)10/h6,8,11H,5,7H2,1-4H3;7H,5-6H2,1-4H3;1-2H,(H,11,12). The third kappa shape index (κ3) is 17.2. The van der Waals surface area contributed by atoms with Gasteiger partial charge in [-0.15, -0.1) is 0 Å². The molecule has 0 aliphatic rings. The number of carbonyl (C=O) groups is 2. The average molecular weight is 877 g/mol. The number of nitrogens with one attached hydrogen (secondary N) is 1. The second-order valence-corrected chi connectivity index (χ2v) is 15.2.